The molecule has 3 heterocycles. The standard InChI is InChI=1S/C22H25ClN4O3S/c1-4-14-8-15-20(24-12-25-22(15)31-14)27-7-5-6-13(11-27)21(28)26-17-9-16(23)18(29-2)10-19(17)30-3/h8-10,12-13H,4-7,11H2,1-3H3,(H,26,28)/t13-/m0/s1. The van der Waals surface area contributed by atoms with Gasteiger partial charge in [0.2, 0.25) is 5.91 Å². The Morgan fingerprint density at radius 2 is 2.06 bits per heavy atom. The topological polar surface area (TPSA) is 76.6 Å². The second-order valence-electron chi connectivity index (χ2n) is 7.44. The Labute approximate surface area is 190 Å². The van der Waals surface area contributed by atoms with Crippen molar-refractivity contribution in [3.05, 3.63) is 34.4 Å². The molecule has 4 rings (SSSR count). The molecule has 1 N–H and O–H groups in total. The monoisotopic (exact) mass is 460 g/mol. The molecule has 0 spiro atoms. The number of halogens is 1. The summed E-state index contributed by atoms with van der Waals surface area (Å²) in [6.45, 7) is 3.60. The Balaban J connectivity index is 1.54. The van der Waals surface area contributed by atoms with Gasteiger partial charge in [0, 0.05) is 24.0 Å². The molecule has 7 nitrogen and oxygen atoms in total. The smallest absolute Gasteiger partial charge is 0.229 e. The van der Waals surface area contributed by atoms with Gasteiger partial charge in [-0.1, -0.05) is 18.5 Å². The first-order valence-corrected chi connectivity index (χ1v) is 11.4. The molecule has 0 radical (unpaired) electrons. The molecular formula is C22H25ClN4O3S. The number of nitrogens with one attached hydrogen (secondary N) is 1. The lowest BCUT2D eigenvalue weighted by Crippen LogP contribution is -2.41. The number of piperidine rings is 1. The number of anilines is 2. The largest absolute Gasteiger partial charge is 0.495 e. The summed E-state index contributed by atoms with van der Waals surface area (Å²) in [5.74, 6) is 1.67. The zero-order valence-corrected chi connectivity index (χ0v) is 19.3. The van der Waals surface area contributed by atoms with E-state index in [0.717, 1.165) is 41.8 Å². The van der Waals surface area contributed by atoms with Crippen molar-refractivity contribution in [2.75, 3.05) is 37.5 Å². The number of methoxy groups -OCH3 is 2. The Morgan fingerprint density at radius 3 is 2.81 bits per heavy atom. The van der Waals surface area contributed by atoms with Crippen molar-refractivity contribution in [1.82, 2.24) is 9.97 Å². The van der Waals surface area contributed by atoms with Gasteiger partial charge in [-0.3, -0.25) is 4.79 Å². The maximum absolute atomic E-state index is 13.1. The van der Waals surface area contributed by atoms with Crippen LogP contribution in [0.5, 0.6) is 11.5 Å². The first-order chi connectivity index (χ1) is 15.0. The van der Waals surface area contributed by atoms with Gasteiger partial charge < -0.3 is 19.7 Å². The molecule has 0 saturated carbocycles. The second-order valence-corrected chi connectivity index (χ2v) is 8.97. The van der Waals surface area contributed by atoms with Crippen LogP contribution in [0.3, 0.4) is 0 Å². The first-order valence-electron chi connectivity index (χ1n) is 10.2. The van der Waals surface area contributed by atoms with Gasteiger partial charge in [0.05, 0.1) is 36.2 Å². The highest BCUT2D eigenvalue weighted by molar-refractivity contribution is 7.18. The molecule has 3 aromatic rings. The predicted molar refractivity (Wildman–Crippen MR) is 125 cm³/mol. The molecule has 164 valence electrons. The van der Waals surface area contributed by atoms with Gasteiger partial charge in [-0.05, 0) is 31.4 Å². The lowest BCUT2D eigenvalue weighted by molar-refractivity contribution is -0.120. The van der Waals surface area contributed by atoms with Crippen LogP contribution in [0.15, 0.2) is 24.5 Å². The lowest BCUT2D eigenvalue weighted by Gasteiger charge is -2.33. The van der Waals surface area contributed by atoms with Crippen LogP contribution in [0.2, 0.25) is 5.02 Å². The number of hydrogen-bond donors (Lipinski definition) is 1. The Hall–Kier alpha value is -2.58. The summed E-state index contributed by atoms with van der Waals surface area (Å²) in [5, 5.41) is 4.46. The number of carbonyl (C=O) groups is 1. The third-order valence-electron chi connectivity index (χ3n) is 5.53. The first kappa shape index (κ1) is 21.6. The van der Waals surface area contributed by atoms with Crippen LogP contribution >= 0.6 is 22.9 Å². The number of benzene rings is 1. The van der Waals surface area contributed by atoms with Gasteiger partial charge in [0.1, 0.15) is 28.5 Å². The number of hydrogen-bond acceptors (Lipinski definition) is 7. The Bertz CT molecular complexity index is 1100. The third kappa shape index (κ3) is 4.41. The van der Waals surface area contributed by atoms with Crippen molar-refractivity contribution < 1.29 is 14.3 Å². The summed E-state index contributed by atoms with van der Waals surface area (Å²) in [7, 11) is 3.09. The average Bonchev–Trinajstić information content (AvgIpc) is 3.23. The van der Waals surface area contributed by atoms with Crippen molar-refractivity contribution in [3.63, 3.8) is 0 Å². The Morgan fingerprint density at radius 1 is 1.26 bits per heavy atom. The van der Waals surface area contributed by atoms with Crippen LogP contribution in [-0.4, -0.2) is 43.2 Å². The minimum atomic E-state index is -0.173. The molecule has 1 aliphatic heterocycles. The van der Waals surface area contributed by atoms with Gasteiger partial charge in [0.25, 0.3) is 0 Å². The molecule has 9 heteroatoms. The Kier molecular flexibility index (Phi) is 6.48. The van der Waals surface area contributed by atoms with Crippen molar-refractivity contribution in [2.24, 2.45) is 5.92 Å². The van der Waals surface area contributed by atoms with Crippen LogP contribution in [0, 0.1) is 5.92 Å². The van der Waals surface area contributed by atoms with Crippen molar-refractivity contribution in [3.8, 4) is 11.5 Å². The van der Waals surface area contributed by atoms with Crippen LogP contribution in [0.25, 0.3) is 10.2 Å². The van der Waals surface area contributed by atoms with E-state index in [4.69, 9.17) is 21.1 Å². The van der Waals surface area contributed by atoms with E-state index in [1.165, 1.54) is 12.0 Å². The SMILES string of the molecule is CCc1cc2c(N3CCC[C@H](C(=O)Nc4cc(Cl)c(OC)cc4OC)C3)ncnc2s1. The number of carbonyl (C=O) groups excluding carboxylic acids is 1. The number of amides is 1. The van der Waals surface area contributed by atoms with Crippen molar-refractivity contribution in [2.45, 2.75) is 26.2 Å². The van der Waals surface area contributed by atoms with E-state index in [0.29, 0.717) is 28.8 Å². The summed E-state index contributed by atoms with van der Waals surface area (Å²) >= 11 is 7.95. The molecular weight excluding hydrogens is 436 g/mol. The molecule has 1 fully saturated rings. The molecule has 1 atom stereocenters. The van der Waals surface area contributed by atoms with E-state index in [9.17, 15) is 4.79 Å². The predicted octanol–water partition coefficient (Wildman–Crippen LogP) is 4.78. The molecule has 1 aliphatic rings. The average molecular weight is 461 g/mol. The highest BCUT2D eigenvalue weighted by Gasteiger charge is 2.28. The summed E-state index contributed by atoms with van der Waals surface area (Å²) in [4.78, 5) is 26.5. The van der Waals surface area contributed by atoms with Gasteiger partial charge in [-0.2, -0.15) is 0 Å². The van der Waals surface area contributed by atoms with Crippen LogP contribution in [0.4, 0.5) is 11.5 Å². The number of aryl methyl sites for hydroxylation is 1. The van der Waals surface area contributed by atoms with Crippen LogP contribution in [-0.2, 0) is 11.2 Å². The summed E-state index contributed by atoms with van der Waals surface area (Å²) in [6, 6.07) is 5.50. The van der Waals surface area contributed by atoms with E-state index >= 15 is 0 Å². The van der Waals surface area contributed by atoms with Crippen molar-refractivity contribution >= 4 is 50.6 Å². The van der Waals surface area contributed by atoms with E-state index in [-0.39, 0.29) is 11.8 Å². The maximum atomic E-state index is 13.1. The molecule has 2 aromatic heterocycles. The lowest BCUT2D eigenvalue weighted by atomic mass is 9.96. The zero-order chi connectivity index (χ0) is 22.0. The van der Waals surface area contributed by atoms with Crippen molar-refractivity contribution in [1.29, 1.82) is 0 Å². The molecule has 1 aromatic carbocycles. The minimum absolute atomic E-state index is 0.0610. The molecule has 31 heavy (non-hydrogen) atoms. The van der Waals surface area contributed by atoms with E-state index in [1.807, 2.05) is 0 Å². The summed E-state index contributed by atoms with van der Waals surface area (Å²) in [5.41, 5.74) is 0.533. The zero-order valence-electron chi connectivity index (χ0n) is 17.8. The fourth-order valence-corrected chi connectivity index (χ4v) is 5.07. The number of thiophene rings is 1. The van der Waals surface area contributed by atoms with Crippen LogP contribution < -0.4 is 19.7 Å². The number of ether oxygens (including phenoxy) is 2. The van der Waals surface area contributed by atoms with Gasteiger partial charge in [0.15, 0.2) is 0 Å². The maximum Gasteiger partial charge on any atom is 0.229 e. The van der Waals surface area contributed by atoms with E-state index in [2.05, 4.69) is 33.2 Å². The third-order valence-corrected chi connectivity index (χ3v) is 7.01. The fourth-order valence-electron chi connectivity index (χ4n) is 3.90. The highest BCUT2D eigenvalue weighted by Crippen LogP contribution is 2.37. The number of aromatic nitrogens is 2. The van der Waals surface area contributed by atoms with E-state index < -0.39 is 0 Å². The number of nitrogens with zero attached hydrogens (tertiary/aromatic N) is 3. The van der Waals surface area contributed by atoms with E-state index in [1.54, 1.807) is 36.9 Å². The van der Waals surface area contributed by atoms with Gasteiger partial charge >= 0.3 is 0 Å². The van der Waals surface area contributed by atoms with Gasteiger partial charge in [-0.15, -0.1) is 11.3 Å². The summed E-state index contributed by atoms with van der Waals surface area (Å²) < 4.78 is 10.6. The molecule has 1 amide bonds. The number of fused-ring (bicyclic) bond motifs is 1. The van der Waals surface area contributed by atoms with Crippen LogP contribution in [0.1, 0.15) is 24.6 Å². The summed E-state index contributed by atoms with van der Waals surface area (Å²) in [6.07, 6.45) is 4.31. The fraction of sp³-hybridized carbons (Fsp3) is 0.409. The normalized spacial score (nSPS) is 16.4. The molecule has 0 bridgehead atoms. The second kappa shape index (κ2) is 9.28. The highest BCUT2D eigenvalue weighted by atomic mass is 35.5. The molecule has 0 aliphatic carbocycles. The quantitative estimate of drug-likeness (QED) is 0.570. The number of rotatable bonds is 6. The molecule has 1 saturated heterocycles. The minimum Gasteiger partial charge on any atom is -0.495 e. The molecule has 0 unspecified atom stereocenters. The van der Waals surface area contributed by atoms with Gasteiger partial charge in [-0.25, -0.2) is 9.97 Å².